The van der Waals surface area contributed by atoms with E-state index in [0.717, 1.165) is 111 Å². The van der Waals surface area contributed by atoms with Gasteiger partial charge in [-0.05, 0) is 93.7 Å². The van der Waals surface area contributed by atoms with Crippen LogP contribution in [0.15, 0.2) is 252 Å². The maximum absolute atomic E-state index is 12.6. The molecule has 15 rings (SSSR count). The minimum absolute atomic E-state index is 0. The molecule has 36 heteroatoms. The Bertz CT molecular complexity index is 5150. The second-order valence-corrected chi connectivity index (χ2v) is 31.8. The number of hydrazone groups is 2. The number of nitrogens with two attached hydrogens (primary N) is 1. The maximum atomic E-state index is 12.6. The molecule has 4 aromatic rings. The normalized spacial score (nSPS) is 17.5. The van der Waals surface area contributed by atoms with Crippen LogP contribution in [0.4, 0.5) is 4.39 Å². The van der Waals surface area contributed by atoms with E-state index in [0.29, 0.717) is 45.6 Å². The monoisotopic (exact) mass is 2360 g/mol. The van der Waals surface area contributed by atoms with Gasteiger partial charge in [-0.2, -0.15) is 156 Å². The van der Waals surface area contributed by atoms with Crippen LogP contribution < -0.4 is 38.0 Å². The van der Waals surface area contributed by atoms with Gasteiger partial charge in [-0.3, -0.25) is 60.8 Å². The van der Waals surface area contributed by atoms with E-state index in [1.807, 2.05) is 77.3 Å². The number of fused-ring (bicyclic) bond motifs is 1. The van der Waals surface area contributed by atoms with Crippen molar-refractivity contribution in [2.45, 2.75) is 186 Å². The SMILES string of the molecule is C=C(N)C1=CC=NC(=C2C=[C-]C=NC2=N)N1.CC1=CC(=C2C=[C-]C=NC2=N)C=NN1.CC1=CC(=C2C=[C-]C=NC2=N)NN=C1.CC1=CC=NC(=C2C=[C-]C=NC2=N)N1.C[C-](C)C.C[C-](C)C.C[C-](C)C.C[C-](C)C.C[C-](C)C.C[C-](C)C.C[C-](C)C.Cc1nc[c-]cc1-c1ncc(F)cn1.Cc1nc[c-]cc1C1=NCCCN1.N=C1N=C[C-]=CC1=C1C=Cc2nccn2N1.[Y].[Y].[Y].[Y].[Y].[Y].[Y]. The summed E-state index contributed by atoms with van der Waals surface area (Å²) in [7, 11) is 0. The third-order valence-corrected chi connectivity index (χ3v) is 13.9. The van der Waals surface area contributed by atoms with Crippen LogP contribution in [0.5, 0.6) is 0 Å². The molecule has 709 valence electrons. The summed E-state index contributed by atoms with van der Waals surface area (Å²) in [6.07, 6.45) is 58.2. The first-order valence-corrected chi connectivity index (χ1v) is 41.0. The number of aromatic nitrogens is 6. The quantitative estimate of drug-likeness (QED) is 0.0852. The number of rotatable bonds is 3. The average molecular weight is 2360 g/mol. The smallest absolute Gasteiger partial charge is 0.159 e. The summed E-state index contributed by atoms with van der Waals surface area (Å²) in [5, 5.41) is 55.4. The summed E-state index contributed by atoms with van der Waals surface area (Å²) in [5.41, 5.74) is 28.0. The third kappa shape index (κ3) is 63.5. The van der Waals surface area contributed by atoms with Gasteiger partial charge in [0.15, 0.2) is 11.6 Å². The molecule has 0 amide bonds. The molecule has 0 atom stereocenters. The van der Waals surface area contributed by atoms with Crippen LogP contribution in [0, 0.1) is 131 Å². The summed E-state index contributed by atoms with van der Waals surface area (Å²) < 4.78 is 14.3. The molecule has 0 aromatic carbocycles. The number of amidine groups is 6. The van der Waals surface area contributed by atoms with Gasteiger partial charge in [0, 0.05) is 296 Å². The molecule has 7 radical (unpaired) electrons. The van der Waals surface area contributed by atoms with Gasteiger partial charge in [0.1, 0.15) is 0 Å². The van der Waals surface area contributed by atoms with Crippen molar-refractivity contribution in [1.82, 2.24) is 56.4 Å². The molecule has 0 bridgehead atoms. The molecular formula is C100H127FN28Y7-14. The number of aliphatic imine (C=N–C) groups is 8. The molecule has 0 saturated carbocycles. The Hall–Kier alpha value is -6.26. The van der Waals surface area contributed by atoms with Crippen molar-refractivity contribution in [2.75, 3.05) is 18.5 Å². The van der Waals surface area contributed by atoms with E-state index in [-0.39, 0.29) is 258 Å². The molecule has 0 spiro atoms. The molecule has 0 fully saturated rings. The van der Waals surface area contributed by atoms with Gasteiger partial charge in [0.25, 0.3) is 0 Å². The summed E-state index contributed by atoms with van der Waals surface area (Å²) in [6, 6.07) is 9.46. The first-order valence-electron chi connectivity index (χ1n) is 41.0. The number of allylic oxidation sites excluding steroid dienone is 14. The van der Waals surface area contributed by atoms with Crippen LogP contribution >= 0.6 is 0 Å². The number of imidazole rings is 1. The van der Waals surface area contributed by atoms with Gasteiger partial charge in [-0.25, -0.2) is 99.1 Å². The Morgan fingerprint density at radius 1 is 0.463 bits per heavy atom. The number of hydrogen-bond donors (Lipinski definition) is 12. The zero-order valence-electron chi connectivity index (χ0n) is 83.6. The molecule has 136 heavy (non-hydrogen) atoms. The van der Waals surface area contributed by atoms with Crippen LogP contribution in [0.3, 0.4) is 0 Å². The third-order valence-electron chi connectivity index (χ3n) is 13.9. The summed E-state index contributed by atoms with van der Waals surface area (Å²) in [6.45, 7) is 58.9. The number of hydrogen-bond acceptors (Lipinski definition) is 22. The van der Waals surface area contributed by atoms with Crippen LogP contribution in [-0.4, -0.2) is 134 Å². The number of dihydropyridines is 5. The van der Waals surface area contributed by atoms with E-state index in [1.165, 1.54) is 72.5 Å². The first-order chi connectivity index (χ1) is 61.1. The standard InChI is InChI=1S/C11H8N5.C11H10N5.C10H7FN3.3C10H9N4.C10H12N3.7C4H9.7Y/c12-11-8(2-1-5-14-11)9-3-4-10-13-6-7-16(10)15-9;1-7(12)9-4-6-15-11(16-9)8-3-2-5-14-10(8)13;1-7-9(3-2-4-12-7)10-13-5-8(11)6-14-10;1-7-4-6-13-10(14-7)8-3-2-5-12-9(8)11;1-7-5-8(6-13-14-7)9-3-2-4-12-10(9)11;1-7-5-9(14-13-6-7)8-3-2-4-12-10(8)11;1-8-9(4-2-5-11-8)10-12-6-3-7-13-10;7*1-4(2)3;;;;;;;/h2-7,12,15H;3-6,13,16H,1,12H2;3-6H,1H3;3*3-6,11,14H,1H3;4-5H,3,6-7H2,1H3,(H,12,13);7*1-3H3;;;;;;;/q14*-1;;;;;;;. The predicted octanol–water partition coefficient (Wildman–Crippen LogP) is 19.4. The Balaban J connectivity index is -0.000000343. The first kappa shape index (κ1) is 140. The van der Waals surface area contributed by atoms with Gasteiger partial charge < -0.3 is 106 Å². The fourth-order valence-electron chi connectivity index (χ4n) is 8.91. The number of aryl methyl sites for hydroxylation is 2. The molecule has 0 unspecified atom stereocenters. The topological polar surface area (TPSA) is 410 Å². The molecule has 0 saturated heterocycles. The number of pyridine rings is 2. The average Bonchev–Trinajstić information content (AvgIpc) is 1.67. The minimum atomic E-state index is -0.445. The summed E-state index contributed by atoms with van der Waals surface area (Å²) in [4.78, 5) is 52.0. The van der Waals surface area contributed by atoms with Gasteiger partial charge in [0.2, 0.25) is 0 Å². The second kappa shape index (κ2) is 81.3. The largest absolute Gasteiger partial charge is 0.398 e. The van der Waals surface area contributed by atoms with E-state index in [1.54, 1.807) is 90.6 Å². The van der Waals surface area contributed by atoms with E-state index in [2.05, 4.69) is 302 Å². The Morgan fingerprint density at radius 2 is 0.868 bits per heavy atom. The van der Waals surface area contributed by atoms with Gasteiger partial charge >= 0.3 is 0 Å². The van der Waals surface area contributed by atoms with Crippen molar-refractivity contribution in [2.24, 2.45) is 55.9 Å². The zero-order chi connectivity index (χ0) is 96.5. The predicted molar refractivity (Wildman–Crippen MR) is 538 cm³/mol. The van der Waals surface area contributed by atoms with Crippen LogP contribution in [0.1, 0.15) is 195 Å². The fraction of sp³-hybridized carbons (Fsp3) is 0.290. The summed E-state index contributed by atoms with van der Waals surface area (Å²) in [5.74, 6) is 14.0. The van der Waals surface area contributed by atoms with Crippen LogP contribution in [0.25, 0.3) is 17.5 Å². The minimum Gasteiger partial charge on any atom is -0.398 e. The summed E-state index contributed by atoms with van der Waals surface area (Å²) >= 11 is 0. The zero-order valence-corrected chi connectivity index (χ0v) is 104. The van der Waals surface area contributed by atoms with Gasteiger partial charge in [-0.1, -0.05) is 78.9 Å². The molecule has 0 aliphatic carbocycles. The van der Waals surface area contributed by atoms with E-state index >= 15 is 0 Å². The second-order valence-electron chi connectivity index (χ2n) is 31.8. The number of halogens is 1. The molecule has 15 heterocycles. The van der Waals surface area contributed by atoms with Crippen LogP contribution in [0.2, 0.25) is 0 Å². The Kier molecular flexibility index (Phi) is 84.0. The van der Waals surface area contributed by atoms with E-state index in [9.17, 15) is 4.39 Å². The van der Waals surface area contributed by atoms with E-state index < -0.39 is 5.82 Å². The molecule has 28 nitrogen and oxygen atoms in total. The van der Waals surface area contributed by atoms with Gasteiger partial charge in [-0.15, -0.1) is 27.8 Å². The van der Waals surface area contributed by atoms with Crippen molar-refractivity contribution >= 4 is 97.0 Å². The maximum Gasteiger partial charge on any atom is 0.159 e. The number of nitrogens with one attached hydrogen (secondary N) is 11. The van der Waals surface area contributed by atoms with E-state index in [4.69, 9.17) is 32.8 Å². The molecule has 4 aromatic heterocycles. The fourth-order valence-corrected chi connectivity index (χ4v) is 8.91. The van der Waals surface area contributed by atoms with Gasteiger partial charge in [0.05, 0.1) is 70.9 Å². The molecular weight excluding hydrogens is 2230 g/mol. The Morgan fingerprint density at radius 3 is 1.26 bits per heavy atom. The van der Waals surface area contributed by atoms with Crippen molar-refractivity contribution in [3.05, 3.63) is 314 Å². The van der Waals surface area contributed by atoms with Crippen molar-refractivity contribution in [3.8, 4) is 11.4 Å². The van der Waals surface area contributed by atoms with Crippen molar-refractivity contribution < 1.29 is 233 Å². The Labute approximate surface area is 986 Å². The van der Waals surface area contributed by atoms with Crippen molar-refractivity contribution in [3.63, 3.8) is 0 Å². The van der Waals surface area contributed by atoms with Crippen molar-refractivity contribution in [1.29, 1.82) is 27.0 Å². The number of nitrogens with zero attached hydrogens (tertiary/aromatic N) is 16. The molecule has 11 aliphatic heterocycles. The molecule has 13 N–H and O–H groups in total. The van der Waals surface area contributed by atoms with Crippen LogP contribution in [-0.2, 0) is 229 Å². The molecule has 11 aliphatic rings.